The van der Waals surface area contributed by atoms with Gasteiger partial charge in [-0.25, -0.2) is 0 Å². The Morgan fingerprint density at radius 1 is 1.20 bits per heavy atom. The first kappa shape index (κ1) is 19.3. The minimum Gasteiger partial charge on any atom is -0.356 e. The number of hydrogen-bond donors (Lipinski definition) is 2. The van der Waals surface area contributed by atoms with Gasteiger partial charge in [-0.2, -0.15) is 0 Å². The highest BCUT2D eigenvalue weighted by Crippen LogP contribution is 2.27. The SMILES string of the molecule is CN=C(NCCCC(=O)N1CCc2ccccc21)NCCCC(C)C. The first-order valence-corrected chi connectivity index (χ1v) is 9.44. The summed E-state index contributed by atoms with van der Waals surface area (Å²) in [5.74, 6) is 1.77. The fourth-order valence-electron chi connectivity index (χ4n) is 3.12. The van der Waals surface area contributed by atoms with Crippen molar-refractivity contribution in [1.29, 1.82) is 0 Å². The van der Waals surface area contributed by atoms with Crippen LogP contribution in [0.1, 0.15) is 45.1 Å². The minimum absolute atomic E-state index is 0.214. The van der Waals surface area contributed by atoms with E-state index >= 15 is 0 Å². The van der Waals surface area contributed by atoms with E-state index < -0.39 is 0 Å². The average Bonchev–Trinajstić information content (AvgIpc) is 3.04. The van der Waals surface area contributed by atoms with Gasteiger partial charge >= 0.3 is 0 Å². The van der Waals surface area contributed by atoms with Gasteiger partial charge < -0.3 is 15.5 Å². The fourth-order valence-corrected chi connectivity index (χ4v) is 3.12. The number of para-hydroxylation sites is 1. The molecule has 2 N–H and O–H groups in total. The van der Waals surface area contributed by atoms with Crippen LogP contribution < -0.4 is 15.5 Å². The first-order valence-electron chi connectivity index (χ1n) is 9.44. The molecule has 0 spiro atoms. The van der Waals surface area contributed by atoms with E-state index in [4.69, 9.17) is 0 Å². The Balaban J connectivity index is 1.64. The summed E-state index contributed by atoms with van der Waals surface area (Å²) in [6, 6.07) is 8.19. The summed E-state index contributed by atoms with van der Waals surface area (Å²) in [7, 11) is 1.78. The molecule has 5 heteroatoms. The van der Waals surface area contributed by atoms with E-state index in [9.17, 15) is 4.79 Å². The molecule has 138 valence electrons. The van der Waals surface area contributed by atoms with Gasteiger partial charge in [0.1, 0.15) is 0 Å². The number of guanidine groups is 1. The summed E-state index contributed by atoms with van der Waals surface area (Å²) in [5.41, 5.74) is 2.36. The monoisotopic (exact) mass is 344 g/mol. The van der Waals surface area contributed by atoms with Crippen LogP contribution in [0.15, 0.2) is 29.3 Å². The van der Waals surface area contributed by atoms with Crippen LogP contribution in [0.3, 0.4) is 0 Å². The average molecular weight is 345 g/mol. The number of anilines is 1. The van der Waals surface area contributed by atoms with E-state index in [1.54, 1.807) is 7.05 Å². The molecule has 0 aliphatic carbocycles. The molecule has 1 aliphatic heterocycles. The van der Waals surface area contributed by atoms with Gasteiger partial charge in [0.05, 0.1) is 0 Å². The lowest BCUT2D eigenvalue weighted by atomic mass is 10.1. The number of carbonyl (C=O) groups excluding carboxylic acids is 1. The number of nitrogens with zero attached hydrogens (tertiary/aromatic N) is 2. The third-order valence-corrected chi connectivity index (χ3v) is 4.52. The van der Waals surface area contributed by atoms with E-state index in [0.29, 0.717) is 6.42 Å². The van der Waals surface area contributed by atoms with Crippen LogP contribution in [-0.2, 0) is 11.2 Å². The van der Waals surface area contributed by atoms with Gasteiger partial charge in [-0.05, 0) is 43.2 Å². The number of fused-ring (bicyclic) bond motifs is 1. The van der Waals surface area contributed by atoms with Crippen molar-refractivity contribution in [3.8, 4) is 0 Å². The summed E-state index contributed by atoms with van der Waals surface area (Å²) in [6.45, 7) is 6.98. The summed E-state index contributed by atoms with van der Waals surface area (Å²) in [6.07, 6.45) is 4.70. The second kappa shape index (κ2) is 10.1. The molecule has 0 bridgehead atoms. The topological polar surface area (TPSA) is 56.7 Å². The molecule has 2 rings (SSSR count). The number of carbonyl (C=O) groups is 1. The second-order valence-electron chi connectivity index (χ2n) is 6.99. The van der Waals surface area contributed by atoms with Crippen molar-refractivity contribution in [3.63, 3.8) is 0 Å². The number of benzene rings is 1. The lowest BCUT2D eigenvalue weighted by Crippen LogP contribution is -2.38. The van der Waals surface area contributed by atoms with Crippen LogP contribution >= 0.6 is 0 Å². The molecule has 1 aromatic rings. The fraction of sp³-hybridized carbons (Fsp3) is 0.600. The maximum Gasteiger partial charge on any atom is 0.227 e. The Hall–Kier alpha value is -2.04. The van der Waals surface area contributed by atoms with Crippen LogP contribution in [0.5, 0.6) is 0 Å². The molecule has 0 saturated heterocycles. The van der Waals surface area contributed by atoms with Crippen molar-refractivity contribution in [2.24, 2.45) is 10.9 Å². The van der Waals surface area contributed by atoms with Gasteiger partial charge in [-0.3, -0.25) is 9.79 Å². The summed E-state index contributed by atoms with van der Waals surface area (Å²) < 4.78 is 0. The molecule has 0 atom stereocenters. The highest BCUT2D eigenvalue weighted by atomic mass is 16.2. The second-order valence-corrected chi connectivity index (χ2v) is 6.99. The zero-order valence-electron chi connectivity index (χ0n) is 15.8. The molecule has 1 amide bonds. The van der Waals surface area contributed by atoms with E-state index in [1.165, 1.54) is 12.0 Å². The number of rotatable bonds is 8. The molecule has 1 aromatic carbocycles. The van der Waals surface area contributed by atoms with Gasteiger partial charge in [0, 0.05) is 38.8 Å². The molecule has 5 nitrogen and oxygen atoms in total. The molecule has 0 radical (unpaired) electrons. The van der Waals surface area contributed by atoms with Crippen LogP contribution in [-0.4, -0.2) is 38.5 Å². The Morgan fingerprint density at radius 3 is 2.64 bits per heavy atom. The van der Waals surface area contributed by atoms with Gasteiger partial charge in [0.15, 0.2) is 5.96 Å². The maximum atomic E-state index is 12.4. The standard InChI is InChI=1S/C20H32N4O/c1-16(2)8-6-13-22-20(21-3)23-14-7-11-19(25)24-15-12-17-9-4-5-10-18(17)24/h4-5,9-10,16H,6-8,11-15H2,1-3H3,(H2,21,22,23). The highest BCUT2D eigenvalue weighted by Gasteiger charge is 2.23. The van der Waals surface area contributed by atoms with Crippen LogP contribution in [0.2, 0.25) is 0 Å². The van der Waals surface area contributed by atoms with Crippen molar-refractivity contribution in [3.05, 3.63) is 29.8 Å². The number of hydrogen-bond acceptors (Lipinski definition) is 2. The Bertz CT molecular complexity index is 583. The van der Waals surface area contributed by atoms with Gasteiger partial charge in [-0.15, -0.1) is 0 Å². The molecule has 0 saturated carbocycles. The van der Waals surface area contributed by atoms with E-state index in [2.05, 4.69) is 35.5 Å². The van der Waals surface area contributed by atoms with Crippen molar-refractivity contribution in [1.82, 2.24) is 10.6 Å². The lowest BCUT2D eigenvalue weighted by molar-refractivity contribution is -0.118. The molecular weight excluding hydrogens is 312 g/mol. The zero-order chi connectivity index (χ0) is 18.1. The molecule has 0 aromatic heterocycles. The quantitative estimate of drug-likeness (QED) is 0.433. The Morgan fingerprint density at radius 2 is 1.92 bits per heavy atom. The normalized spacial score (nSPS) is 13.9. The van der Waals surface area contributed by atoms with E-state index in [0.717, 1.165) is 56.5 Å². The number of aliphatic imine (C=N–C) groups is 1. The predicted octanol–water partition coefficient (Wildman–Crippen LogP) is 2.96. The van der Waals surface area contributed by atoms with Crippen molar-refractivity contribution in [2.75, 3.05) is 31.6 Å². The van der Waals surface area contributed by atoms with Crippen LogP contribution in [0.25, 0.3) is 0 Å². The Kier molecular flexibility index (Phi) is 7.76. The lowest BCUT2D eigenvalue weighted by Gasteiger charge is -2.17. The minimum atomic E-state index is 0.214. The third-order valence-electron chi connectivity index (χ3n) is 4.52. The summed E-state index contributed by atoms with van der Waals surface area (Å²) in [5, 5.41) is 6.62. The van der Waals surface area contributed by atoms with Crippen molar-refractivity contribution in [2.45, 2.75) is 46.0 Å². The molecule has 25 heavy (non-hydrogen) atoms. The first-order chi connectivity index (χ1) is 12.1. The molecule has 0 unspecified atom stereocenters. The predicted molar refractivity (Wildman–Crippen MR) is 105 cm³/mol. The van der Waals surface area contributed by atoms with E-state index in [-0.39, 0.29) is 5.91 Å². The largest absolute Gasteiger partial charge is 0.356 e. The summed E-state index contributed by atoms with van der Waals surface area (Å²) in [4.78, 5) is 18.6. The summed E-state index contributed by atoms with van der Waals surface area (Å²) >= 11 is 0. The van der Waals surface area contributed by atoms with Gasteiger partial charge in [0.2, 0.25) is 5.91 Å². The molecular formula is C20H32N4O. The van der Waals surface area contributed by atoms with Crippen LogP contribution in [0.4, 0.5) is 5.69 Å². The van der Waals surface area contributed by atoms with Crippen LogP contribution in [0, 0.1) is 5.92 Å². The molecule has 1 heterocycles. The molecule has 1 aliphatic rings. The smallest absolute Gasteiger partial charge is 0.227 e. The van der Waals surface area contributed by atoms with Gasteiger partial charge in [0.25, 0.3) is 0 Å². The third kappa shape index (κ3) is 6.07. The van der Waals surface area contributed by atoms with Gasteiger partial charge in [-0.1, -0.05) is 32.0 Å². The Labute approximate surface area is 151 Å². The molecule has 0 fully saturated rings. The van der Waals surface area contributed by atoms with Crippen molar-refractivity contribution < 1.29 is 4.79 Å². The van der Waals surface area contributed by atoms with E-state index in [1.807, 2.05) is 23.1 Å². The maximum absolute atomic E-state index is 12.4. The zero-order valence-corrected chi connectivity index (χ0v) is 15.8. The highest BCUT2D eigenvalue weighted by molar-refractivity contribution is 5.95. The number of amides is 1. The number of nitrogens with one attached hydrogen (secondary N) is 2. The van der Waals surface area contributed by atoms with Crippen molar-refractivity contribution >= 4 is 17.6 Å².